The first-order chi connectivity index (χ1) is 9.16. The maximum absolute atomic E-state index is 12.6. The fourth-order valence-corrected chi connectivity index (χ4v) is 3.70. The molecule has 112 valence electrons. The molecule has 7 heteroatoms. The molecule has 0 aliphatic heterocycles. The molecule has 1 amide bonds. The summed E-state index contributed by atoms with van der Waals surface area (Å²) in [6, 6.07) is 4.69. The van der Waals surface area contributed by atoms with E-state index in [0.717, 1.165) is 4.31 Å². The lowest BCUT2D eigenvalue weighted by molar-refractivity contribution is -0.118. The standard InChI is InChI=1S/C13H21N3O3S/c1-9(2)7-16(8-13(15)17)20(18,19)12-6-4-5-11(14)10(12)3/h4-6,9H,7-8,14H2,1-3H3,(H2,15,17). The Bertz CT molecular complexity index is 597. The van der Waals surface area contributed by atoms with Crippen LogP contribution in [0.3, 0.4) is 0 Å². The summed E-state index contributed by atoms with van der Waals surface area (Å²) in [5.74, 6) is -0.610. The van der Waals surface area contributed by atoms with Crippen molar-refractivity contribution in [2.24, 2.45) is 11.7 Å². The molecule has 0 atom stereocenters. The van der Waals surface area contributed by atoms with Crippen molar-refractivity contribution >= 4 is 21.6 Å². The van der Waals surface area contributed by atoms with Crippen molar-refractivity contribution in [2.75, 3.05) is 18.8 Å². The molecule has 0 unspecified atom stereocenters. The Morgan fingerprint density at radius 2 is 1.95 bits per heavy atom. The Labute approximate surface area is 119 Å². The van der Waals surface area contributed by atoms with Gasteiger partial charge in [0.1, 0.15) is 0 Å². The van der Waals surface area contributed by atoms with Crippen molar-refractivity contribution < 1.29 is 13.2 Å². The first-order valence-corrected chi connectivity index (χ1v) is 7.73. The highest BCUT2D eigenvalue weighted by molar-refractivity contribution is 7.89. The summed E-state index contributed by atoms with van der Waals surface area (Å²) in [5.41, 5.74) is 11.8. The summed E-state index contributed by atoms with van der Waals surface area (Å²) in [7, 11) is -3.79. The lowest BCUT2D eigenvalue weighted by atomic mass is 10.2. The van der Waals surface area contributed by atoms with E-state index < -0.39 is 15.9 Å². The van der Waals surface area contributed by atoms with Crippen molar-refractivity contribution in [1.82, 2.24) is 4.31 Å². The smallest absolute Gasteiger partial charge is 0.243 e. The molecule has 0 heterocycles. The Balaban J connectivity index is 3.28. The number of hydrogen-bond acceptors (Lipinski definition) is 4. The maximum atomic E-state index is 12.6. The van der Waals surface area contributed by atoms with Gasteiger partial charge in [-0.2, -0.15) is 4.31 Å². The summed E-state index contributed by atoms with van der Waals surface area (Å²) in [6.07, 6.45) is 0. The predicted octanol–water partition coefficient (Wildman–Crippen LogP) is 0.709. The van der Waals surface area contributed by atoms with Gasteiger partial charge in [0.25, 0.3) is 0 Å². The minimum Gasteiger partial charge on any atom is -0.398 e. The van der Waals surface area contributed by atoms with Gasteiger partial charge in [-0.1, -0.05) is 19.9 Å². The van der Waals surface area contributed by atoms with Gasteiger partial charge in [-0.3, -0.25) is 4.79 Å². The van der Waals surface area contributed by atoms with Gasteiger partial charge in [-0.25, -0.2) is 8.42 Å². The van der Waals surface area contributed by atoms with E-state index >= 15 is 0 Å². The minimum absolute atomic E-state index is 0.0745. The number of nitrogens with zero attached hydrogens (tertiary/aromatic N) is 1. The average molecular weight is 299 g/mol. The summed E-state index contributed by atoms with van der Waals surface area (Å²) in [5, 5.41) is 0. The van der Waals surface area contributed by atoms with E-state index in [1.807, 2.05) is 13.8 Å². The van der Waals surface area contributed by atoms with Crippen LogP contribution in [0.5, 0.6) is 0 Å². The summed E-state index contributed by atoms with van der Waals surface area (Å²) in [6.45, 7) is 5.26. The van der Waals surface area contributed by atoms with E-state index in [-0.39, 0.29) is 23.9 Å². The van der Waals surface area contributed by atoms with Crippen LogP contribution < -0.4 is 11.5 Å². The van der Waals surface area contributed by atoms with Gasteiger partial charge < -0.3 is 11.5 Å². The maximum Gasteiger partial charge on any atom is 0.243 e. The van der Waals surface area contributed by atoms with Crippen LogP contribution in [0.4, 0.5) is 5.69 Å². The zero-order valence-electron chi connectivity index (χ0n) is 12.0. The predicted molar refractivity (Wildman–Crippen MR) is 78.4 cm³/mol. The van der Waals surface area contributed by atoms with Crippen molar-refractivity contribution in [3.63, 3.8) is 0 Å². The molecule has 1 aromatic rings. The second-order valence-corrected chi connectivity index (χ2v) is 7.03. The van der Waals surface area contributed by atoms with Gasteiger partial charge in [0.15, 0.2) is 0 Å². The number of rotatable bonds is 6. The van der Waals surface area contributed by atoms with Gasteiger partial charge in [0.2, 0.25) is 15.9 Å². The molecule has 1 rings (SSSR count). The molecule has 4 N–H and O–H groups in total. The van der Waals surface area contributed by atoms with Crippen LogP contribution in [0.2, 0.25) is 0 Å². The third-order valence-electron chi connectivity index (χ3n) is 2.84. The quantitative estimate of drug-likeness (QED) is 0.754. The average Bonchev–Trinajstić information content (AvgIpc) is 2.30. The number of anilines is 1. The van der Waals surface area contributed by atoms with Crippen LogP contribution in [0.25, 0.3) is 0 Å². The van der Waals surface area contributed by atoms with Gasteiger partial charge in [-0.05, 0) is 30.5 Å². The van der Waals surface area contributed by atoms with Crippen molar-refractivity contribution in [3.8, 4) is 0 Å². The second kappa shape index (κ2) is 6.23. The van der Waals surface area contributed by atoms with Crippen LogP contribution in [0.1, 0.15) is 19.4 Å². The van der Waals surface area contributed by atoms with Gasteiger partial charge in [-0.15, -0.1) is 0 Å². The molecule has 0 fully saturated rings. The molecule has 6 nitrogen and oxygen atoms in total. The summed E-state index contributed by atoms with van der Waals surface area (Å²) >= 11 is 0. The Kier molecular flexibility index (Phi) is 5.13. The molecule has 0 radical (unpaired) electrons. The SMILES string of the molecule is Cc1c(N)cccc1S(=O)(=O)N(CC(N)=O)CC(C)C. The summed E-state index contributed by atoms with van der Waals surface area (Å²) < 4.78 is 26.4. The molecular formula is C13H21N3O3S. The highest BCUT2D eigenvalue weighted by Crippen LogP contribution is 2.24. The number of benzene rings is 1. The largest absolute Gasteiger partial charge is 0.398 e. The molecule has 0 saturated carbocycles. The number of amides is 1. The molecular weight excluding hydrogens is 278 g/mol. The normalized spacial score (nSPS) is 12.1. The Morgan fingerprint density at radius 3 is 2.45 bits per heavy atom. The lowest BCUT2D eigenvalue weighted by Gasteiger charge is -2.23. The fourth-order valence-electron chi connectivity index (χ4n) is 1.88. The van der Waals surface area contributed by atoms with E-state index in [9.17, 15) is 13.2 Å². The van der Waals surface area contributed by atoms with Crippen molar-refractivity contribution in [2.45, 2.75) is 25.7 Å². The van der Waals surface area contributed by atoms with Crippen LogP contribution >= 0.6 is 0 Å². The van der Waals surface area contributed by atoms with Crippen LogP contribution in [0, 0.1) is 12.8 Å². The number of hydrogen-bond donors (Lipinski definition) is 2. The number of primary amides is 1. The van der Waals surface area contributed by atoms with Crippen LogP contribution in [-0.4, -0.2) is 31.7 Å². The highest BCUT2D eigenvalue weighted by atomic mass is 32.2. The molecule has 1 aromatic carbocycles. The minimum atomic E-state index is -3.79. The molecule has 20 heavy (non-hydrogen) atoms. The molecule has 0 aromatic heterocycles. The zero-order valence-corrected chi connectivity index (χ0v) is 12.8. The second-order valence-electron chi connectivity index (χ2n) is 5.13. The first-order valence-electron chi connectivity index (χ1n) is 6.29. The Hall–Kier alpha value is -1.60. The van der Waals surface area contributed by atoms with Crippen molar-refractivity contribution in [3.05, 3.63) is 23.8 Å². The molecule has 0 spiro atoms. The van der Waals surface area contributed by atoms with E-state index in [0.29, 0.717) is 11.3 Å². The summed E-state index contributed by atoms with van der Waals surface area (Å²) in [4.78, 5) is 11.2. The fraction of sp³-hybridized carbons (Fsp3) is 0.462. The van der Waals surface area contributed by atoms with E-state index in [2.05, 4.69) is 0 Å². The van der Waals surface area contributed by atoms with Gasteiger partial charge in [0.05, 0.1) is 11.4 Å². The first kappa shape index (κ1) is 16.5. The monoisotopic (exact) mass is 299 g/mol. The number of carbonyl (C=O) groups excluding carboxylic acids is 1. The third-order valence-corrected chi connectivity index (χ3v) is 4.80. The van der Waals surface area contributed by atoms with E-state index in [1.54, 1.807) is 19.1 Å². The Morgan fingerprint density at radius 1 is 1.35 bits per heavy atom. The highest BCUT2D eigenvalue weighted by Gasteiger charge is 2.28. The third kappa shape index (κ3) is 3.71. The lowest BCUT2D eigenvalue weighted by Crippen LogP contribution is -2.40. The van der Waals surface area contributed by atoms with Crippen LogP contribution in [0.15, 0.2) is 23.1 Å². The zero-order chi connectivity index (χ0) is 15.5. The molecule has 0 aliphatic carbocycles. The molecule has 0 bridgehead atoms. The number of carbonyl (C=O) groups is 1. The number of nitrogens with two attached hydrogens (primary N) is 2. The number of nitrogen functional groups attached to an aromatic ring is 1. The van der Waals surface area contributed by atoms with Crippen LogP contribution in [-0.2, 0) is 14.8 Å². The van der Waals surface area contributed by atoms with Crippen molar-refractivity contribution in [1.29, 1.82) is 0 Å². The van der Waals surface area contributed by atoms with E-state index in [1.165, 1.54) is 6.07 Å². The van der Waals surface area contributed by atoms with Gasteiger partial charge in [0, 0.05) is 12.2 Å². The van der Waals surface area contributed by atoms with E-state index in [4.69, 9.17) is 11.5 Å². The number of sulfonamides is 1. The molecule has 0 saturated heterocycles. The topological polar surface area (TPSA) is 106 Å². The van der Waals surface area contributed by atoms with Gasteiger partial charge >= 0.3 is 0 Å². The molecule has 0 aliphatic rings.